The molecule has 0 saturated heterocycles. The molecule has 226 valence electrons. The summed E-state index contributed by atoms with van der Waals surface area (Å²) in [5.74, 6) is 0.319. The second kappa shape index (κ2) is 17.5. The van der Waals surface area contributed by atoms with Crippen molar-refractivity contribution in [1.29, 1.82) is 0 Å². The number of carbonyl (C=O) groups excluding carboxylic acids is 2. The number of aryl methyl sites for hydroxylation is 1. The molecule has 7 nitrogen and oxygen atoms in total. The molecule has 2 aromatic carbocycles. The van der Waals surface area contributed by atoms with Crippen molar-refractivity contribution < 1.29 is 14.3 Å². The van der Waals surface area contributed by atoms with Crippen LogP contribution in [0.4, 0.5) is 0 Å². The first-order valence-corrected chi connectivity index (χ1v) is 16.2. The van der Waals surface area contributed by atoms with E-state index >= 15 is 0 Å². The van der Waals surface area contributed by atoms with Gasteiger partial charge >= 0.3 is 5.97 Å². The molecule has 1 aromatic heterocycles. The quantitative estimate of drug-likeness (QED) is 0.0926. The Morgan fingerprint density at radius 2 is 1.64 bits per heavy atom. The van der Waals surface area contributed by atoms with Gasteiger partial charge in [-0.25, -0.2) is 4.98 Å². The number of esters is 1. The number of aromatic nitrogens is 2. The van der Waals surface area contributed by atoms with Gasteiger partial charge in [-0.2, -0.15) is 0 Å². The van der Waals surface area contributed by atoms with Gasteiger partial charge in [0.1, 0.15) is 17.7 Å². The van der Waals surface area contributed by atoms with Gasteiger partial charge in [0.2, 0.25) is 0 Å². The third kappa shape index (κ3) is 9.58. The molecule has 3 aromatic rings. The van der Waals surface area contributed by atoms with E-state index in [0.717, 1.165) is 49.0 Å². The third-order valence-corrected chi connectivity index (χ3v) is 8.34. The van der Waals surface area contributed by atoms with Crippen LogP contribution in [-0.2, 0) is 22.6 Å². The molecule has 42 heavy (non-hydrogen) atoms. The van der Waals surface area contributed by atoms with Crippen LogP contribution in [0, 0.1) is 0 Å². The molecule has 0 spiro atoms. The topological polar surface area (TPSA) is 81.5 Å². The summed E-state index contributed by atoms with van der Waals surface area (Å²) in [5, 5.41) is -0.276. The molecule has 3 rings (SSSR count). The maximum atomic E-state index is 13.8. The maximum Gasteiger partial charge on any atom is 0.319 e. The summed E-state index contributed by atoms with van der Waals surface area (Å²) in [4.78, 5) is 47.0. The smallest absolute Gasteiger partial charge is 0.319 e. The molecule has 0 bridgehead atoms. The fourth-order valence-corrected chi connectivity index (χ4v) is 5.93. The van der Waals surface area contributed by atoms with E-state index in [-0.39, 0.29) is 29.4 Å². The van der Waals surface area contributed by atoms with E-state index < -0.39 is 0 Å². The van der Waals surface area contributed by atoms with Gasteiger partial charge in [-0.3, -0.25) is 19.0 Å². The van der Waals surface area contributed by atoms with Crippen molar-refractivity contribution in [3.63, 3.8) is 0 Å². The Bertz CT molecular complexity index is 1320. The second-order valence-corrected chi connectivity index (χ2v) is 11.6. The predicted molar refractivity (Wildman–Crippen MR) is 171 cm³/mol. The van der Waals surface area contributed by atoms with Crippen LogP contribution in [-0.4, -0.2) is 44.7 Å². The van der Waals surface area contributed by atoms with Gasteiger partial charge in [0.05, 0.1) is 12.3 Å². The lowest BCUT2D eigenvalue weighted by Crippen LogP contribution is -2.39. The number of carbonyl (C=O) groups is 2. The van der Waals surface area contributed by atoms with Gasteiger partial charge in [0.25, 0.3) is 11.5 Å². The van der Waals surface area contributed by atoms with E-state index in [9.17, 15) is 14.4 Å². The molecule has 0 N–H and O–H groups in total. The van der Waals surface area contributed by atoms with Crippen molar-refractivity contribution in [3.8, 4) is 11.3 Å². The van der Waals surface area contributed by atoms with Crippen LogP contribution in [0.2, 0.25) is 0 Å². The summed E-state index contributed by atoms with van der Waals surface area (Å²) in [6.45, 7) is 9.07. The highest BCUT2D eigenvalue weighted by atomic mass is 32.2. The van der Waals surface area contributed by atoms with E-state index in [2.05, 4.69) is 6.92 Å². The molecular formula is C34H45N3O4S. The van der Waals surface area contributed by atoms with Crippen LogP contribution < -0.4 is 5.56 Å². The Morgan fingerprint density at radius 3 is 2.29 bits per heavy atom. The number of unbranched alkanes of at least 4 members (excludes halogenated alkanes) is 4. The monoisotopic (exact) mass is 591 g/mol. The molecule has 1 heterocycles. The van der Waals surface area contributed by atoms with Crippen molar-refractivity contribution in [3.05, 3.63) is 82.4 Å². The number of rotatable bonds is 17. The summed E-state index contributed by atoms with van der Waals surface area (Å²) in [6, 6.07) is 18.6. The zero-order valence-corrected chi connectivity index (χ0v) is 26.3. The summed E-state index contributed by atoms with van der Waals surface area (Å²) in [6.07, 6.45) is 7.50. The number of thioether (sulfide) groups is 1. The fraction of sp³-hybridized carbons (Fsp3) is 0.471. The fourth-order valence-electron chi connectivity index (χ4n) is 4.79. The SMILES string of the molecule is CCCCCCCN(Cn1c(CC)nc(-c2ccccc2)cc1=O)C(=O)c1ccc(SC(CCC)C(=O)OCC)cc1. The Labute approximate surface area is 254 Å². The van der Waals surface area contributed by atoms with Gasteiger partial charge in [-0.05, 0) is 44.0 Å². The Hall–Kier alpha value is -3.39. The average molecular weight is 592 g/mol. The molecule has 0 saturated carbocycles. The molecular weight excluding hydrogens is 546 g/mol. The summed E-state index contributed by atoms with van der Waals surface area (Å²) >= 11 is 1.47. The molecule has 0 aliphatic rings. The number of hydrogen-bond acceptors (Lipinski definition) is 6. The highest BCUT2D eigenvalue weighted by Crippen LogP contribution is 2.28. The van der Waals surface area contributed by atoms with Crippen LogP contribution in [0.1, 0.15) is 88.8 Å². The minimum atomic E-state index is -0.276. The number of nitrogens with zero attached hydrogens (tertiary/aromatic N) is 3. The van der Waals surface area contributed by atoms with Gasteiger partial charge in [0.15, 0.2) is 0 Å². The van der Waals surface area contributed by atoms with Gasteiger partial charge < -0.3 is 9.64 Å². The summed E-state index contributed by atoms with van der Waals surface area (Å²) in [5.41, 5.74) is 1.92. The largest absolute Gasteiger partial charge is 0.465 e. The zero-order chi connectivity index (χ0) is 30.3. The van der Waals surface area contributed by atoms with Crippen LogP contribution in [0.25, 0.3) is 11.3 Å². The molecule has 0 radical (unpaired) electrons. The number of ether oxygens (including phenoxy) is 1. The minimum absolute atomic E-state index is 0.126. The second-order valence-electron chi connectivity index (χ2n) is 10.3. The first kappa shape index (κ1) is 33.1. The highest BCUT2D eigenvalue weighted by Gasteiger charge is 2.22. The Morgan fingerprint density at radius 1 is 0.929 bits per heavy atom. The van der Waals surface area contributed by atoms with Gasteiger partial charge in [-0.15, -0.1) is 11.8 Å². The molecule has 1 atom stereocenters. The van der Waals surface area contributed by atoms with Crippen molar-refractivity contribution in [1.82, 2.24) is 14.5 Å². The van der Waals surface area contributed by atoms with Gasteiger partial charge in [-0.1, -0.05) is 83.2 Å². The van der Waals surface area contributed by atoms with Crippen molar-refractivity contribution in [2.45, 2.75) is 95.9 Å². The van der Waals surface area contributed by atoms with E-state index in [1.165, 1.54) is 18.2 Å². The Kier molecular flexibility index (Phi) is 13.8. The van der Waals surface area contributed by atoms with E-state index in [1.54, 1.807) is 15.5 Å². The molecule has 1 amide bonds. The first-order chi connectivity index (χ1) is 20.4. The van der Waals surface area contributed by atoms with Crippen LogP contribution in [0.3, 0.4) is 0 Å². The van der Waals surface area contributed by atoms with Crippen LogP contribution in [0.5, 0.6) is 0 Å². The van der Waals surface area contributed by atoms with Crippen molar-refractivity contribution in [2.24, 2.45) is 0 Å². The number of benzene rings is 2. The lowest BCUT2D eigenvalue weighted by atomic mass is 10.1. The molecule has 0 fully saturated rings. The van der Waals surface area contributed by atoms with E-state index in [0.29, 0.717) is 36.7 Å². The maximum absolute atomic E-state index is 13.8. The predicted octanol–water partition coefficient (Wildman–Crippen LogP) is 7.37. The normalized spacial score (nSPS) is 11.7. The lowest BCUT2D eigenvalue weighted by molar-refractivity contribution is -0.142. The molecule has 0 aliphatic heterocycles. The highest BCUT2D eigenvalue weighted by molar-refractivity contribution is 8.00. The van der Waals surface area contributed by atoms with Crippen LogP contribution in [0.15, 0.2) is 70.4 Å². The lowest BCUT2D eigenvalue weighted by Gasteiger charge is -2.25. The summed E-state index contributed by atoms with van der Waals surface area (Å²) in [7, 11) is 0. The number of amides is 1. The minimum Gasteiger partial charge on any atom is -0.465 e. The van der Waals surface area contributed by atoms with Crippen molar-refractivity contribution in [2.75, 3.05) is 13.2 Å². The van der Waals surface area contributed by atoms with E-state index in [1.807, 2.05) is 75.4 Å². The van der Waals surface area contributed by atoms with Crippen molar-refractivity contribution >= 4 is 23.6 Å². The summed E-state index contributed by atoms with van der Waals surface area (Å²) < 4.78 is 6.87. The molecule has 0 aliphatic carbocycles. The average Bonchev–Trinajstić information content (AvgIpc) is 3.01. The van der Waals surface area contributed by atoms with E-state index in [4.69, 9.17) is 9.72 Å². The zero-order valence-electron chi connectivity index (χ0n) is 25.5. The first-order valence-electron chi connectivity index (χ1n) is 15.3. The third-order valence-electron chi connectivity index (χ3n) is 7.08. The molecule has 8 heteroatoms. The van der Waals surface area contributed by atoms with Crippen LogP contribution >= 0.6 is 11.8 Å². The standard InChI is InChI=1S/C34H45N3O4S/c1-5-9-10-11-15-23-36(25-37-31(7-3)35-29(24-32(37)38)26-17-13-12-14-18-26)33(39)27-19-21-28(22-20-27)42-30(16-6-2)34(40)41-8-4/h12-14,17-22,24,30H,5-11,15-16,23,25H2,1-4H3. The molecule has 1 unspecified atom stereocenters. The van der Waals surface area contributed by atoms with Gasteiger partial charge in [0, 0.05) is 35.1 Å². The Balaban J connectivity index is 1.84. The number of hydrogen-bond donors (Lipinski definition) is 0.